The van der Waals surface area contributed by atoms with Crippen molar-refractivity contribution < 1.29 is 0 Å². The van der Waals surface area contributed by atoms with Gasteiger partial charge < -0.3 is 0 Å². The van der Waals surface area contributed by atoms with E-state index in [0.717, 1.165) is 0 Å². The Balaban J connectivity index is 1.65. The zero-order valence-electron chi connectivity index (χ0n) is 25.3. The molecule has 0 aliphatic heterocycles. The van der Waals surface area contributed by atoms with E-state index in [0.29, 0.717) is 0 Å². The van der Waals surface area contributed by atoms with Gasteiger partial charge in [-0.15, -0.1) is 0 Å². The maximum atomic E-state index is 2.35. The molecule has 0 amide bonds. The summed E-state index contributed by atoms with van der Waals surface area (Å²) < 4.78 is 0. The van der Waals surface area contributed by atoms with Crippen molar-refractivity contribution in [2.24, 2.45) is 0 Å². The van der Waals surface area contributed by atoms with Crippen LogP contribution in [-0.4, -0.2) is 0 Å². The Labute approximate surface area is 244 Å². The van der Waals surface area contributed by atoms with E-state index < -0.39 is 0 Å². The minimum absolute atomic E-state index is 0.114. The van der Waals surface area contributed by atoms with Crippen LogP contribution < -0.4 is 0 Å². The van der Waals surface area contributed by atoms with Gasteiger partial charge in [0.2, 0.25) is 0 Å². The third-order valence-electron chi connectivity index (χ3n) is 9.06. The second-order valence-electron chi connectivity index (χ2n) is 13.9. The molecule has 0 radical (unpaired) electrons. The fourth-order valence-electron chi connectivity index (χ4n) is 6.88. The van der Waals surface area contributed by atoms with Crippen LogP contribution >= 0.6 is 0 Å². The molecule has 1 aliphatic rings. The van der Waals surface area contributed by atoms with Crippen LogP contribution in [0.4, 0.5) is 0 Å². The first-order valence-corrected chi connectivity index (χ1v) is 14.9. The first kappa shape index (κ1) is 25.8. The minimum atomic E-state index is 0.114. The third-order valence-corrected chi connectivity index (χ3v) is 9.06. The van der Waals surface area contributed by atoms with E-state index in [2.05, 4.69) is 152 Å². The van der Waals surface area contributed by atoms with Gasteiger partial charge >= 0.3 is 0 Å². The lowest BCUT2D eigenvalue weighted by molar-refractivity contribution is 0.590. The summed E-state index contributed by atoms with van der Waals surface area (Å²) in [5.74, 6) is 0. The van der Waals surface area contributed by atoms with Crippen molar-refractivity contribution in [2.75, 3.05) is 0 Å². The van der Waals surface area contributed by atoms with Crippen molar-refractivity contribution in [1.29, 1.82) is 0 Å². The number of fused-ring (bicyclic) bond motifs is 4. The van der Waals surface area contributed by atoms with Crippen molar-refractivity contribution in [2.45, 2.75) is 59.3 Å². The van der Waals surface area contributed by atoms with Crippen LogP contribution in [0.2, 0.25) is 0 Å². The molecule has 0 saturated heterocycles. The van der Waals surface area contributed by atoms with Gasteiger partial charge in [0.05, 0.1) is 0 Å². The molecular formula is C41H38. The fourth-order valence-corrected chi connectivity index (χ4v) is 6.88. The molecule has 0 saturated carbocycles. The molecule has 0 fully saturated rings. The van der Waals surface area contributed by atoms with Crippen LogP contribution in [0.3, 0.4) is 0 Å². The lowest BCUT2D eigenvalue weighted by atomic mass is 9.79. The van der Waals surface area contributed by atoms with Crippen LogP contribution in [0.1, 0.15) is 58.2 Å². The second kappa shape index (κ2) is 8.92. The van der Waals surface area contributed by atoms with Crippen LogP contribution in [0.15, 0.2) is 103 Å². The normalized spacial score (nSPS) is 12.8. The highest BCUT2D eigenvalue weighted by Gasteiger charge is 2.31. The highest BCUT2D eigenvalue weighted by Crippen LogP contribution is 2.58. The van der Waals surface area contributed by atoms with E-state index in [9.17, 15) is 0 Å². The lowest BCUT2D eigenvalue weighted by Crippen LogP contribution is -2.10. The molecule has 1 aliphatic carbocycles. The zero-order valence-corrected chi connectivity index (χ0v) is 25.3. The Hall–Kier alpha value is -4.16. The molecule has 7 rings (SSSR count). The molecule has 0 spiro atoms. The van der Waals surface area contributed by atoms with Crippen LogP contribution in [0.25, 0.3) is 66.1 Å². The largest absolute Gasteiger partial charge is 0.0613 e. The van der Waals surface area contributed by atoms with Crippen molar-refractivity contribution >= 4 is 21.5 Å². The monoisotopic (exact) mass is 530 g/mol. The van der Waals surface area contributed by atoms with Gasteiger partial charge in [0.1, 0.15) is 0 Å². The molecule has 6 aromatic carbocycles. The van der Waals surface area contributed by atoms with Crippen LogP contribution in [-0.2, 0) is 10.8 Å². The predicted molar refractivity (Wildman–Crippen MR) is 179 cm³/mol. The summed E-state index contributed by atoms with van der Waals surface area (Å²) in [6, 6.07) is 39.2. The van der Waals surface area contributed by atoms with Gasteiger partial charge in [-0.2, -0.15) is 0 Å². The summed E-state index contributed by atoms with van der Waals surface area (Å²) in [6.07, 6.45) is 0. The molecule has 0 atom stereocenters. The molecule has 0 heteroatoms. The molecule has 41 heavy (non-hydrogen) atoms. The number of hydrogen-bond acceptors (Lipinski definition) is 0. The maximum absolute atomic E-state index is 2.35. The molecule has 0 nitrogen and oxygen atoms in total. The van der Waals surface area contributed by atoms with Gasteiger partial charge in [0.15, 0.2) is 0 Å². The summed E-state index contributed by atoms with van der Waals surface area (Å²) in [4.78, 5) is 0. The van der Waals surface area contributed by atoms with E-state index in [-0.39, 0.29) is 10.8 Å². The SMILES string of the molecule is Cc1cccc2c(-c3ccc(C(C)(C)C)cc3)c3c(c(-c4ccc(C(C)(C)C)cc4)c12)-c1cccc2cccc-3c12. The summed E-state index contributed by atoms with van der Waals surface area (Å²) in [5.41, 5.74) is 15.0. The van der Waals surface area contributed by atoms with Gasteiger partial charge in [-0.1, -0.05) is 145 Å². The van der Waals surface area contributed by atoms with E-state index in [1.54, 1.807) is 0 Å². The number of hydrogen-bond donors (Lipinski definition) is 0. The Kier molecular flexibility index (Phi) is 5.61. The van der Waals surface area contributed by atoms with Gasteiger partial charge in [0, 0.05) is 0 Å². The highest BCUT2D eigenvalue weighted by molar-refractivity contribution is 6.27. The van der Waals surface area contributed by atoms with Crippen molar-refractivity contribution in [3.8, 4) is 44.5 Å². The summed E-state index contributed by atoms with van der Waals surface area (Å²) in [5, 5.41) is 5.36. The third kappa shape index (κ3) is 3.96. The number of benzene rings is 6. The van der Waals surface area contributed by atoms with E-state index in [1.165, 1.54) is 82.7 Å². The van der Waals surface area contributed by atoms with Crippen molar-refractivity contribution in [3.63, 3.8) is 0 Å². The minimum Gasteiger partial charge on any atom is -0.0613 e. The molecule has 0 heterocycles. The van der Waals surface area contributed by atoms with Gasteiger partial charge in [-0.05, 0) is 100 Å². The molecule has 0 aromatic heterocycles. The molecule has 0 bridgehead atoms. The zero-order chi connectivity index (χ0) is 28.7. The van der Waals surface area contributed by atoms with Crippen molar-refractivity contribution in [3.05, 3.63) is 120 Å². The Morgan fingerprint density at radius 3 is 1.39 bits per heavy atom. The topological polar surface area (TPSA) is 0 Å². The number of aryl methyl sites for hydroxylation is 1. The Morgan fingerprint density at radius 1 is 0.415 bits per heavy atom. The van der Waals surface area contributed by atoms with E-state index in [4.69, 9.17) is 0 Å². The van der Waals surface area contributed by atoms with Gasteiger partial charge in [0.25, 0.3) is 0 Å². The fraction of sp³-hybridized carbons (Fsp3) is 0.220. The Morgan fingerprint density at radius 2 is 0.878 bits per heavy atom. The first-order valence-electron chi connectivity index (χ1n) is 14.9. The summed E-state index contributed by atoms with van der Waals surface area (Å²) >= 11 is 0. The highest BCUT2D eigenvalue weighted by atomic mass is 14.3. The molecule has 0 unspecified atom stereocenters. The quantitative estimate of drug-likeness (QED) is 0.208. The average Bonchev–Trinajstić information content (AvgIpc) is 3.27. The summed E-state index contributed by atoms with van der Waals surface area (Å²) in [7, 11) is 0. The average molecular weight is 531 g/mol. The lowest BCUT2D eigenvalue weighted by Gasteiger charge is -2.24. The molecule has 202 valence electrons. The molecular weight excluding hydrogens is 492 g/mol. The second-order valence-corrected chi connectivity index (χ2v) is 13.9. The van der Waals surface area contributed by atoms with Gasteiger partial charge in [-0.3, -0.25) is 0 Å². The molecule has 6 aromatic rings. The van der Waals surface area contributed by atoms with E-state index in [1.807, 2.05) is 0 Å². The molecule has 0 N–H and O–H groups in total. The number of rotatable bonds is 2. The standard InChI is InChI=1S/C41H38/c1-25-11-8-14-31-34(25)37(28-19-23-30(24-20-28)41(5,6)7)39-33-16-10-13-26-12-9-15-32(35(26)33)38(39)36(31)27-17-21-29(22-18-27)40(2,3)4/h8-24H,1-7H3. The smallest absolute Gasteiger partial charge is 0.000732 e. The maximum Gasteiger partial charge on any atom is -0.000732 e. The van der Waals surface area contributed by atoms with Crippen LogP contribution in [0.5, 0.6) is 0 Å². The van der Waals surface area contributed by atoms with E-state index >= 15 is 0 Å². The van der Waals surface area contributed by atoms with Crippen LogP contribution in [0, 0.1) is 6.92 Å². The predicted octanol–water partition coefficient (Wildman–Crippen LogP) is 11.9. The Bertz CT molecular complexity index is 1960. The summed E-state index contributed by atoms with van der Waals surface area (Å²) in [6.45, 7) is 16.0. The van der Waals surface area contributed by atoms with Gasteiger partial charge in [-0.25, -0.2) is 0 Å². The van der Waals surface area contributed by atoms with Crippen molar-refractivity contribution in [1.82, 2.24) is 0 Å². The first-order chi connectivity index (χ1) is 19.5.